The summed E-state index contributed by atoms with van der Waals surface area (Å²) in [5, 5.41) is 9.50. The maximum absolute atomic E-state index is 12.9. The van der Waals surface area contributed by atoms with Crippen molar-refractivity contribution in [3.8, 4) is 16.9 Å². The van der Waals surface area contributed by atoms with Gasteiger partial charge in [0.1, 0.15) is 5.75 Å². The number of nitrogens with one attached hydrogen (secondary N) is 1. The molecule has 0 aliphatic carbocycles. The number of aromatic amines is 1. The van der Waals surface area contributed by atoms with Crippen molar-refractivity contribution in [3.63, 3.8) is 0 Å². The first-order valence-electron chi connectivity index (χ1n) is 8.59. The lowest BCUT2D eigenvalue weighted by Crippen LogP contribution is -2.50. The minimum Gasteiger partial charge on any atom is -0.497 e. The standard InChI is InChI=1S/C19H25N3O3/c1-14(23)13-21-6-8-22(9-7-21)19(24)18-12-20-11-17(18)15-4-3-5-16(10-15)25-2/h3-5,10-12,14,20,23H,6-9,13H2,1-2H3/t14-/m1/s1. The van der Waals surface area contributed by atoms with E-state index in [1.807, 2.05) is 35.4 Å². The molecule has 1 fully saturated rings. The number of methoxy groups -OCH3 is 1. The number of benzene rings is 1. The van der Waals surface area contributed by atoms with Gasteiger partial charge in [-0.05, 0) is 24.6 Å². The van der Waals surface area contributed by atoms with E-state index < -0.39 is 0 Å². The average molecular weight is 343 g/mol. The largest absolute Gasteiger partial charge is 0.497 e. The molecular formula is C19H25N3O3. The van der Waals surface area contributed by atoms with Crippen molar-refractivity contribution in [2.45, 2.75) is 13.0 Å². The second-order valence-electron chi connectivity index (χ2n) is 6.46. The summed E-state index contributed by atoms with van der Waals surface area (Å²) in [6, 6.07) is 7.72. The van der Waals surface area contributed by atoms with Crippen molar-refractivity contribution >= 4 is 5.91 Å². The highest BCUT2D eigenvalue weighted by Crippen LogP contribution is 2.28. The number of nitrogens with zero attached hydrogens (tertiary/aromatic N) is 2. The van der Waals surface area contributed by atoms with Crippen molar-refractivity contribution in [2.75, 3.05) is 39.8 Å². The smallest absolute Gasteiger partial charge is 0.256 e. The number of H-pyrrole nitrogens is 1. The molecule has 0 spiro atoms. The van der Waals surface area contributed by atoms with E-state index in [1.165, 1.54) is 0 Å². The number of β-amino-alcohol motifs (C(OH)–C–C–N with tert-alkyl or cyclic N) is 1. The van der Waals surface area contributed by atoms with Crippen LogP contribution in [-0.4, -0.2) is 71.7 Å². The molecule has 1 saturated heterocycles. The van der Waals surface area contributed by atoms with Gasteiger partial charge >= 0.3 is 0 Å². The number of piperazine rings is 1. The summed E-state index contributed by atoms with van der Waals surface area (Å²) in [5.41, 5.74) is 2.52. The molecule has 1 aliphatic heterocycles. The quantitative estimate of drug-likeness (QED) is 0.869. The number of ether oxygens (including phenoxy) is 1. The number of carbonyl (C=O) groups excluding carboxylic acids is 1. The molecule has 0 unspecified atom stereocenters. The monoisotopic (exact) mass is 343 g/mol. The molecule has 1 aliphatic rings. The van der Waals surface area contributed by atoms with Crippen LogP contribution in [0.1, 0.15) is 17.3 Å². The van der Waals surface area contributed by atoms with E-state index in [-0.39, 0.29) is 12.0 Å². The molecule has 1 amide bonds. The average Bonchev–Trinajstić information content (AvgIpc) is 3.11. The zero-order valence-corrected chi connectivity index (χ0v) is 14.7. The number of aliphatic hydroxyl groups is 1. The fraction of sp³-hybridized carbons (Fsp3) is 0.421. The number of amides is 1. The second-order valence-corrected chi connectivity index (χ2v) is 6.46. The van der Waals surface area contributed by atoms with Gasteiger partial charge in [-0.3, -0.25) is 9.69 Å². The summed E-state index contributed by atoms with van der Waals surface area (Å²) in [5.74, 6) is 0.805. The van der Waals surface area contributed by atoms with Crippen LogP contribution in [0.25, 0.3) is 11.1 Å². The molecule has 2 N–H and O–H groups in total. The highest BCUT2D eigenvalue weighted by atomic mass is 16.5. The zero-order chi connectivity index (χ0) is 17.8. The van der Waals surface area contributed by atoms with Crippen LogP contribution in [0.15, 0.2) is 36.7 Å². The zero-order valence-electron chi connectivity index (χ0n) is 14.7. The summed E-state index contributed by atoms with van der Waals surface area (Å²) >= 11 is 0. The molecule has 3 rings (SSSR count). The van der Waals surface area contributed by atoms with Crippen molar-refractivity contribution in [3.05, 3.63) is 42.2 Å². The third-order valence-electron chi connectivity index (χ3n) is 4.54. The van der Waals surface area contributed by atoms with Crippen molar-refractivity contribution in [1.29, 1.82) is 0 Å². The van der Waals surface area contributed by atoms with E-state index >= 15 is 0 Å². The summed E-state index contributed by atoms with van der Waals surface area (Å²) in [6.45, 7) is 5.37. The predicted octanol–water partition coefficient (Wildman–Crippen LogP) is 1.83. The topological polar surface area (TPSA) is 68.8 Å². The minimum atomic E-state index is -0.341. The first kappa shape index (κ1) is 17.5. The maximum atomic E-state index is 12.9. The van der Waals surface area contributed by atoms with Gasteiger partial charge in [0.25, 0.3) is 5.91 Å². The Morgan fingerprint density at radius 3 is 2.72 bits per heavy atom. The van der Waals surface area contributed by atoms with Crippen LogP contribution in [0.3, 0.4) is 0 Å². The van der Waals surface area contributed by atoms with Gasteiger partial charge in [-0.15, -0.1) is 0 Å². The van der Waals surface area contributed by atoms with Crippen molar-refractivity contribution in [1.82, 2.24) is 14.8 Å². The van der Waals surface area contributed by atoms with E-state index in [0.717, 1.165) is 30.0 Å². The normalized spacial score (nSPS) is 16.7. The van der Waals surface area contributed by atoms with E-state index in [9.17, 15) is 9.90 Å². The Morgan fingerprint density at radius 1 is 1.28 bits per heavy atom. The molecule has 25 heavy (non-hydrogen) atoms. The summed E-state index contributed by atoms with van der Waals surface area (Å²) in [7, 11) is 1.63. The number of aliphatic hydroxyl groups excluding tert-OH is 1. The van der Waals surface area contributed by atoms with Gasteiger partial charge in [0.2, 0.25) is 0 Å². The van der Waals surface area contributed by atoms with Crippen molar-refractivity contribution in [2.24, 2.45) is 0 Å². The van der Waals surface area contributed by atoms with Crippen LogP contribution < -0.4 is 4.74 Å². The number of hydrogen-bond donors (Lipinski definition) is 2. The number of carbonyl (C=O) groups is 1. The van der Waals surface area contributed by atoms with Gasteiger partial charge in [0.15, 0.2) is 0 Å². The van der Waals surface area contributed by atoms with Crippen LogP contribution in [0.4, 0.5) is 0 Å². The molecule has 1 atom stereocenters. The Balaban J connectivity index is 1.73. The van der Waals surface area contributed by atoms with Gasteiger partial charge in [0.05, 0.1) is 18.8 Å². The van der Waals surface area contributed by atoms with E-state index in [4.69, 9.17) is 4.74 Å². The Labute approximate surface area is 148 Å². The fourth-order valence-corrected chi connectivity index (χ4v) is 3.25. The first-order valence-corrected chi connectivity index (χ1v) is 8.59. The van der Waals surface area contributed by atoms with E-state index in [0.29, 0.717) is 25.2 Å². The third-order valence-corrected chi connectivity index (χ3v) is 4.54. The van der Waals surface area contributed by atoms with Gasteiger partial charge in [-0.2, -0.15) is 0 Å². The van der Waals surface area contributed by atoms with Crippen LogP contribution in [0.5, 0.6) is 5.75 Å². The van der Waals surface area contributed by atoms with E-state index in [2.05, 4.69) is 9.88 Å². The number of aromatic nitrogens is 1. The van der Waals surface area contributed by atoms with Gasteiger partial charge in [-0.25, -0.2) is 0 Å². The lowest BCUT2D eigenvalue weighted by molar-refractivity contribution is 0.0555. The van der Waals surface area contributed by atoms with Gasteiger partial charge in [0, 0.05) is 50.7 Å². The Kier molecular flexibility index (Phi) is 5.40. The second kappa shape index (κ2) is 7.72. The SMILES string of the molecule is COc1cccc(-c2c[nH]cc2C(=O)N2CCN(C[C@@H](C)O)CC2)c1. The molecule has 0 bridgehead atoms. The Bertz CT molecular complexity index is 718. The summed E-state index contributed by atoms with van der Waals surface area (Å²) in [6.07, 6.45) is 3.27. The Morgan fingerprint density at radius 2 is 2.04 bits per heavy atom. The molecule has 0 radical (unpaired) electrons. The fourth-order valence-electron chi connectivity index (χ4n) is 3.25. The molecule has 6 heteroatoms. The van der Waals surface area contributed by atoms with Gasteiger partial charge < -0.3 is 19.7 Å². The van der Waals surface area contributed by atoms with E-state index in [1.54, 1.807) is 20.2 Å². The molecule has 134 valence electrons. The summed E-state index contributed by atoms with van der Waals surface area (Å²) in [4.78, 5) is 20.1. The molecule has 2 heterocycles. The molecule has 1 aromatic carbocycles. The van der Waals surface area contributed by atoms with Gasteiger partial charge in [-0.1, -0.05) is 12.1 Å². The van der Waals surface area contributed by atoms with Crippen LogP contribution in [-0.2, 0) is 0 Å². The maximum Gasteiger partial charge on any atom is 0.256 e. The van der Waals surface area contributed by atoms with Crippen LogP contribution in [0.2, 0.25) is 0 Å². The molecule has 1 aromatic heterocycles. The number of rotatable bonds is 5. The summed E-state index contributed by atoms with van der Waals surface area (Å²) < 4.78 is 5.28. The number of hydrogen-bond acceptors (Lipinski definition) is 4. The minimum absolute atomic E-state index is 0.0377. The van der Waals surface area contributed by atoms with Crippen LogP contribution >= 0.6 is 0 Å². The molecule has 6 nitrogen and oxygen atoms in total. The lowest BCUT2D eigenvalue weighted by atomic mass is 10.0. The predicted molar refractivity (Wildman–Crippen MR) is 96.8 cm³/mol. The third kappa shape index (κ3) is 4.03. The van der Waals surface area contributed by atoms with Crippen LogP contribution in [0, 0.1) is 0 Å². The first-order chi connectivity index (χ1) is 12.1. The molecule has 0 saturated carbocycles. The Hall–Kier alpha value is -2.31. The molecule has 2 aromatic rings. The molecular weight excluding hydrogens is 318 g/mol. The highest BCUT2D eigenvalue weighted by Gasteiger charge is 2.25. The highest BCUT2D eigenvalue weighted by molar-refractivity contribution is 6.01. The van der Waals surface area contributed by atoms with Crippen molar-refractivity contribution < 1.29 is 14.6 Å². The lowest BCUT2D eigenvalue weighted by Gasteiger charge is -2.35.